The van der Waals surface area contributed by atoms with Gasteiger partial charge in [-0.25, -0.2) is 4.79 Å². The number of esters is 1. The first kappa shape index (κ1) is 13.2. The number of hydrogen-bond acceptors (Lipinski definition) is 4. The summed E-state index contributed by atoms with van der Waals surface area (Å²) in [4.78, 5) is 22.6. The van der Waals surface area contributed by atoms with Crippen LogP contribution in [0.15, 0.2) is 30.3 Å². The minimum Gasteiger partial charge on any atom is -0.464 e. The van der Waals surface area contributed by atoms with Crippen molar-refractivity contribution < 1.29 is 19.4 Å². The number of aliphatic hydroxyl groups is 1. The summed E-state index contributed by atoms with van der Waals surface area (Å²) in [6, 6.07) is 8.55. The average Bonchev–Trinajstić information content (AvgIpc) is 2.36. The van der Waals surface area contributed by atoms with E-state index in [1.165, 1.54) is 0 Å². The maximum absolute atomic E-state index is 11.6. The molecule has 0 aliphatic heterocycles. The van der Waals surface area contributed by atoms with Crippen molar-refractivity contribution in [3.63, 3.8) is 0 Å². The second-order valence-electron chi connectivity index (χ2n) is 3.34. The Bertz CT molecular complexity index is 377. The first-order valence-electron chi connectivity index (χ1n) is 5.33. The first-order chi connectivity index (χ1) is 8.15. The molecule has 1 amide bonds. The van der Waals surface area contributed by atoms with Crippen LogP contribution in [0.3, 0.4) is 0 Å². The SMILES string of the molecule is CCOC(=O)C(O)CNC(=O)c1ccccc1. The predicted octanol–water partition coefficient (Wildman–Crippen LogP) is 0.340. The quantitative estimate of drug-likeness (QED) is 0.724. The molecule has 5 heteroatoms. The lowest BCUT2D eigenvalue weighted by molar-refractivity contribution is -0.152. The molecule has 0 aliphatic rings. The fraction of sp³-hybridized carbons (Fsp3) is 0.333. The fourth-order valence-corrected chi connectivity index (χ4v) is 1.20. The number of ether oxygens (including phenoxy) is 1. The van der Waals surface area contributed by atoms with E-state index in [1.807, 2.05) is 0 Å². The van der Waals surface area contributed by atoms with Crippen LogP contribution in [0.2, 0.25) is 0 Å². The molecule has 1 aromatic carbocycles. The van der Waals surface area contributed by atoms with E-state index >= 15 is 0 Å². The van der Waals surface area contributed by atoms with Gasteiger partial charge in [0.25, 0.3) is 5.91 Å². The lowest BCUT2D eigenvalue weighted by atomic mass is 10.2. The third-order valence-corrected chi connectivity index (χ3v) is 2.05. The second kappa shape index (κ2) is 6.65. The Morgan fingerprint density at radius 3 is 2.59 bits per heavy atom. The summed E-state index contributed by atoms with van der Waals surface area (Å²) in [5.41, 5.74) is 0.476. The van der Waals surface area contributed by atoms with Crippen LogP contribution < -0.4 is 5.32 Å². The Balaban J connectivity index is 2.41. The number of hydrogen-bond donors (Lipinski definition) is 2. The van der Waals surface area contributed by atoms with E-state index in [0.717, 1.165) is 0 Å². The molecule has 92 valence electrons. The van der Waals surface area contributed by atoms with E-state index in [-0.39, 0.29) is 19.1 Å². The van der Waals surface area contributed by atoms with Gasteiger partial charge in [-0.3, -0.25) is 4.79 Å². The monoisotopic (exact) mass is 237 g/mol. The fourth-order valence-electron chi connectivity index (χ4n) is 1.20. The van der Waals surface area contributed by atoms with Gasteiger partial charge >= 0.3 is 5.97 Å². The molecule has 1 rings (SSSR count). The van der Waals surface area contributed by atoms with Gasteiger partial charge in [-0.1, -0.05) is 18.2 Å². The van der Waals surface area contributed by atoms with Crippen LogP contribution in [0.1, 0.15) is 17.3 Å². The number of carbonyl (C=O) groups excluding carboxylic acids is 2. The Kier molecular flexibility index (Phi) is 5.16. The van der Waals surface area contributed by atoms with Crippen LogP contribution in [0.25, 0.3) is 0 Å². The second-order valence-corrected chi connectivity index (χ2v) is 3.34. The van der Waals surface area contributed by atoms with Crippen LogP contribution in [0.4, 0.5) is 0 Å². The van der Waals surface area contributed by atoms with Gasteiger partial charge < -0.3 is 15.2 Å². The number of carbonyl (C=O) groups is 2. The number of amides is 1. The van der Waals surface area contributed by atoms with Gasteiger partial charge in [0.1, 0.15) is 0 Å². The van der Waals surface area contributed by atoms with Crippen LogP contribution >= 0.6 is 0 Å². The minimum absolute atomic E-state index is 0.160. The number of rotatable bonds is 5. The smallest absolute Gasteiger partial charge is 0.336 e. The molecule has 0 saturated heterocycles. The summed E-state index contributed by atoms with van der Waals surface area (Å²) in [6.45, 7) is 1.68. The Hall–Kier alpha value is -1.88. The summed E-state index contributed by atoms with van der Waals surface area (Å²) in [5.74, 6) is -1.07. The standard InChI is InChI=1S/C12H15NO4/c1-2-17-12(16)10(14)8-13-11(15)9-6-4-3-5-7-9/h3-7,10,14H,2,8H2,1H3,(H,13,15). The lowest BCUT2D eigenvalue weighted by Gasteiger charge is -2.10. The predicted molar refractivity (Wildman–Crippen MR) is 61.4 cm³/mol. The van der Waals surface area contributed by atoms with Crippen molar-refractivity contribution >= 4 is 11.9 Å². The number of benzene rings is 1. The maximum Gasteiger partial charge on any atom is 0.336 e. The molecular formula is C12H15NO4. The first-order valence-corrected chi connectivity index (χ1v) is 5.33. The molecular weight excluding hydrogens is 222 g/mol. The molecule has 1 aromatic rings. The van der Waals surface area contributed by atoms with Gasteiger partial charge in [0.05, 0.1) is 13.2 Å². The highest BCUT2D eigenvalue weighted by Crippen LogP contribution is 1.98. The van der Waals surface area contributed by atoms with E-state index in [4.69, 9.17) is 0 Å². The van der Waals surface area contributed by atoms with Gasteiger partial charge in [-0.05, 0) is 19.1 Å². The van der Waals surface area contributed by atoms with Gasteiger partial charge in [0, 0.05) is 5.56 Å². The Morgan fingerprint density at radius 2 is 2.00 bits per heavy atom. The number of aliphatic hydroxyl groups excluding tert-OH is 1. The van der Waals surface area contributed by atoms with Crippen molar-refractivity contribution in [2.24, 2.45) is 0 Å². The summed E-state index contributed by atoms with van der Waals surface area (Å²) < 4.78 is 4.60. The van der Waals surface area contributed by atoms with Crippen LogP contribution in [0.5, 0.6) is 0 Å². The molecule has 0 bridgehead atoms. The van der Waals surface area contributed by atoms with Gasteiger partial charge in [-0.2, -0.15) is 0 Å². The third-order valence-electron chi connectivity index (χ3n) is 2.05. The largest absolute Gasteiger partial charge is 0.464 e. The van der Waals surface area contributed by atoms with Crippen LogP contribution in [0, 0.1) is 0 Å². The Labute approximate surface area is 99.4 Å². The van der Waals surface area contributed by atoms with E-state index in [9.17, 15) is 14.7 Å². The molecule has 0 fully saturated rings. The molecule has 2 N–H and O–H groups in total. The molecule has 0 radical (unpaired) electrons. The summed E-state index contributed by atoms with van der Waals surface area (Å²) in [6.07, 6.45) is -1.33. The van der Waals surface area contributed by atoms with E-state index in [1.54, 1.807) is 37.3 Å². The molecule has 5 nitrogen and oxygen atoms in total. The molecule has 0 aromatic heterocycles. The Morgan fingerprint density at radius 1 is 1.35 bits per heavy atom. The van der Waals surface area contributed by atoms with Crippen molar-refractivity contribution in [1.82, 2.24) is 5.32 Å². The molecule has 0 heterocycles. The van der Waals surface area contributed by atoms with Crippen molar-refractivity contribution in [2.75, 3.05) is 13.2 Å². The zero-order valence-electron chi connectivity index (χ0n) is 9.55. The average molecular weight is 237 g/mol. The number of nitrogens with one attached hydrogen (secondary N) is 1. The zero-order chi connectivity index (χ0) is 12.7. The highest BCUT2D eigenvalue weighted by atomic mass is 16.5. The van der Waals surface area contributed by atoms with E-state index in [0.29, 0.717) is 5.56 Å². The summed E-state index contributed by atoms with van der Waals surface area (Å²) in [7, 11) is 0. The molecule has 0 spiro atoms. The lowest BCUT2D eigenvalue weighted by Crippen LogP contribution is -2.37. The molecule has 0 saturated carbocycles. The highest BCUT2D eigenvalue weighted by molar-refractivity contribution is 5.94. The molecule has 1 atom stereocenters. The van der Waals surface area contributed by atoms with Gasteiger partial charge in [0.2, 0.25) is 0 Å². The van der Waals surface area contributed by atoms with E-state index in [2.05, 4.69) is 10.1 Å². The van der Waals surface area contributed by atoms with Crippen LogP contribution in [-0.2, 0) is 9.53 Å². The highest BCUT2D eigenvalue weighted by Gasteiger charge is 2.17. The normalized spacial score (nSPS) is 11.6. The molecule has 17 heavy (non-hydrogen) atoms. The zero-order valence-corrected chi connectivity index (χ0v) is 9.55. The van der Waals surface area contributed by atoms with Crippen LogP contribution in [-0.4, -0.2) is 36.2 Å². The minimum atomic E-state index is -1.33. The van der Waals surface area contributed by atoms with Crippen molar-refractivity contribution in [2.45, 2.75) is 13.0 Å². The summed E-state index contributed by atoms with van der Waals surface area (Å²) >= 11 is 0. The van der Waals surface area contributed by atoms with E-state index < -0.39 is 12.1 Å². The van der Waals surface area contributed by atoms with Gasteiger partial charge in [0.15, 0.2) is 6.10 Å². The molecule has 0 aliphatic carbocycles. The topological polar surface area (TPSA) is 75.6 Å². The maximum atomic E-state index is 11.6. The van der Waals surface area contributed by atoms with Crippen molar-refractivity contribution in [1.29, 1.82) is 0 Å². The van der Waals surface area contributed by atoms with Crippen molar-refractivity contribution in [3.8, 4) is 0 Å². The molecule has 1 unspecified atom stereocenters. The third kappa shape index (κ3) is 4.24. The summed E-state index contributed by atoms with van der Waals surface area (Å²) in [5, 5.41) is 11.8. The van der Waals surface area contributed by atoms with Gasteiger partial charge in [-0.15, -0.1) is 0 Å². The van der Waals surface area contributed by atoms with Crippen molar-refractivity contribution in [3.05, 3.63) is 35.9 Å².